The Morgan fingerprint density at radius 1 is 1.55 bits per heavy atom. The molecule has 0 radical (unpaired) electrons. The Morgan fingerprint density at radius 2 is 2.40 bits per heavy atom. The van der Waals surface area contributed by atoms with Crippen molar-refractivity contribution in [3.63, 3.8) is 0 Å². The number of hydrogen-bond donors (Lipinski definition) is 0. The van der Waals surface area contributed by atoms with Crippen LogP contribution in [0.25, 0.3) is 0 Å². The molecule has 1 aromatic rings. The second-order valence-electron chi connectivity index (χ2n) is 4.90. The summed E-state index contributed by atoms with van der Waals surface area (Å²) in [6, 6.07) is 1.70. The van der Waals surface area contributed by atoms with Gasteiger partial charge in [0.2, 0.25) is 0 Å². The lowest BCUT2D eigenvalue weighted by Gasteiger charge is -2.37. The number of amides is 1. The van der Waals surface area contributed by atoms with Crippen LogP contribution < -0.4 is 4.90 Å². The molecule has 1 aromatic heterocycles. The van der Waals surface area contributed by atoms with Gasteiger partial charge >= 0.3 is 0 Å². The van der Waals surface area contributed by atoms with Crippen molar-refractivity contribution in [1.29, 1.82) is 0 Å². The SMILES string of the molecule is CCN1C(=O)C2/N=C\COCC[C@@H]2c2cc(Br)cnc21. The van der Waals surface area contributed by atoms with E-state index in [1.54, 1.807) is 17.3 Å². The molecule has 0 fully saturated rings. The first-order valence-corrected chi connectivity index (χ1v) is 7.58. The van der Waals surface area contributed by atoms with Crippen molar-refractivity contribution in [3.8, 4) is 0 Å². The van der Waals surface area contributed by atoms with Gasteiger partial charge in [-0.15, -0.1) is 0 Å². The predicted molar refractivity (Wildman–Crippen MR) is 80.4 cm³/mol. The zero-order chi connectivity index (χ0) is 14.1. The second kappa shape index (κ2) is 5.61. The number of pyridine rings is 1. The summed E-state index contributed by atoms with van der Waals surface area (Å²) in [6.45, 7) is 3.68. The highest BCUT2D eigenvalue weighted by molar-refractivity contribution is 9.10. The van der Waals surface area contributed by atoms with E-state index in [0.29, 0.717) is 19.8 Å². The molecule has 5 nitrogen and oxygen atoms in total. The molecule has 3 rings (SSSR count). The molecule has 0 N–H and O–H groups in total. The zero-order valence-electron chi connectivity index (χ0n) is 11.3. The molecule has 2 aliphatic rings. The largest absolute Gasteiger partial charge is 0.376 e. The average molecular weight is 338 g/mol. The molecule has 0 aromatic carbocycles. The molecule has 20 heavy (non-hydrogen) atoms. The predicted octanol–water partition coefficient (Wildman–Crippen LogP) is 2.15. The summed E-state index contributed by atoms with van der Waals surface area (Å²) >= 11 is 3.46. The van der Waals surface area contributed by atoms with E-state index in [0.717, 1.165) is 22.3 Å². The first-order chi connectivity index (χ1) is 9.72. The second-order valence-corrected chi connectivity index (χ2v) is 5.81. The number of aliphatic imine (C=N–C) groups is 1. The molecule has 1 unspecified atom stereocenters. The Hall–Kier alpha value is -1.27. The third-order valence-corrected chi connectivity index (χ3v) is 4.20. The number of carbonyl (C=O) groups is 1. The fourth-order valence-electron chi connectivity index (χ4n) is 2.84. The van der Waals surface area contributed by atoms with Crippen molar-refractivity contribution in [2.24, 2.45) is 4.99 Å². The van der Waals surface area contributed by atoms with E-state index in [2.05, 4.69) is 25.9 Å². The quantitative estimate of drug-likeness (QED) is 0.788. The van der Waals surface area contributed by atoms with E-state index in [-0.39, 0.29) is 17.9 Å². The third kappa shape index (κ3) is 2.27. The zero-order valence-corrected chi connectivity index (χ0v) is 12.8. The van der Waals surface area contributed by atoms with Gasteiger partial charge in [0, 0.05) is 41.5 Å². The molecule has 0 saturated carbocycles. The van der Waals surface area contributed by atoms with Crippen LogP contribution in [0, 0.1) is 0 Å². The fraction of sp³-hybridized carbons (Fsp3) is 0.500. The highest BCUT2D eigenvalue weighted by Crippen LogP contribution is 2.39. The van der Waals surface area contributed by atoms with Crippen LogP contribution in [0.4, 0.5) is 5.82 Å². The Morgan fingerprint density at radius 3 is 3.20 bits per heavy atom. The van der Waals surface area contributed by atoms with Crippen LogP contribution in [0.15, 0.2) is 21.7 Å². The lowest BCUT2D eigenvalue weighted by molar-refractivity contribution is -0.120. The number of likely N-dealkylation sites (N-methyl/N-ethyl adjacent to an activating group) is 1. The maximum Gasteiger partial charge on any atom is 0.253 e. The van der Waals surface area contributed by atoms with E-state index < -0.39 is 0 Å². The summed E-state index contributed by atoms with van der Waals surface area (Å²) in [6.07, 6.45) is 4.23. The number of hydrogen-bond acceptors (Lipinski definition) is 4. The van der Waals surface area contributed by atoms with Gasteiger partial charge < -0.3 is 4.74 Å². The van der Waals surface area contributed by atoms with Gasteiger partial charge in [-0.3, -0.25) is 14.7 Å². The first-order valence-electron chi connectivity index (χ1n) is 6.78. The average Bonchev–Trinajstić information content (AvgIpc) is 2.40. The van der Waals surface area contributed by atoms with Gasteiger partial charge in [0.05, 0.1) is 6.61 Å². The summed E-state index contributed by atoms with van der Waals surface area (Å²) in [7, 11) is 0. The van der Waals surface area contributed by atoms with E-state index >= 15 is 0 Å². The normalized spacial score (nSPS) is 27.3. The maximum atomic E-state index is 12.6. The summed E-state index contributed by atoms with van der Waals surface area (Å²) in [5.74, 6) is 0.845. The Kier molecular flexibility index (Phi) is 3.85. The fourth-order valence-corrected chi connectivity index (χ4v) is 3.19. The van der Waals surface area contributed by atoms with Gasteiger partial charge in [0.1, 0.15) is 11.9 Å². The standard InChI is InChI=1S/C14H16BrN3O2/c1-2-18-13-11(7-9(15)8-17-13)10-3-5-20-6-4-16-12(10)14(18)19/h4,7-8,10,12H,2-3,5-6H2,1H3/b16-4-/t10-,12?/m1/s1. The molecule has 2 aliphatic heterocycles. The minimum absolute atomic E-state index is 0.0398. The van der Waals surface area contributed by atoms with Crippen molar-refractivity contribution in [1.82, 2.24) is 4.98 Å². The number of ether oxygens (including phenoxy) is 1. The summed E-state index contributed by atoms with van der Waals surface area (Å²) in [5, 5.41) is 0. The van der Waals surface area contributed by atoms with Crippen LogP contribution in [-0.2, 0) is 9.53 Å². The first kappa shape index (κ1) is 13.7. The molecule has 106 valence electrons. The van der Waals surface area contributed by atoms with Gasteiger partial charge in [-0.25, -0.2) is 4.98 Å². The van der Waals surface area contributed by atoms with Gasteiger partial charge in [-0.05, 0) is 35.3 Å². The molecule has 0 spiro atoms. The van der Waals surface area contributed by atoms with Gasteiger partial charge in [0.25, 0.3) is 5.91 Å². The highest BCUT2D eigenvalue weighted by Gasteiger charge is 2.40. The Balaban J connectivity index is 2.12. The van der Waals surface area contributed by atoms with Crippen LogP contribution in [0.5, 0.6) is 0 Å². The number of anilines is 1. The summed E-state index contributed by atoms with van der Waals surface area (Å²) < 4.78 is 6.37. The third-order valence-electron chi connectivity index (χ3n) is 3.76. The van der Waals surface area contributed by atoms with Crippen LogP contribution in [0.2, 0.25) is 0 Å². The topological polar surface area (TPSA) is 54.8 Å². The Bertz CT molecular complexity index is 561. The number of aromatic nitrogens is 1. The maximum absolute atomic E-state index is 12.6. The molecule has 3 heterocycles. The summed E-state index contributed by atoms with van der Waals surface area (Å²) in [4.78, 5) is 23.2. The molecule has 0 bridgehead atoms. The van der Waals surface area contributed by atoms with E-state index in [9.17, 15) is 4.79 Å². The van der Waals surface area contributed by atoms with Gasteiger partial charge in [0.15, 0.2) is 0 Å². The molecular weight excluding hydrogens is 322 g/mol. The number of rotatable bonds is 1. The van der Waals surface area contributed by atoms with E-state index in [1.807, 2.05) is 13.0 Å². The lowest BCUT2D eigenvalue weighted by atomic mass is 9.85. The molecule has 6 heteroatoms. The number of nitrogens with zero attached hydrogens (tertiary/aromatic N) is 3. The van der Waals surface area contributed by atoms with Gasteiger partial charge in [-0.1, -0.05) is 0 Å². The molecule has 0 saturated heterocycles. The minimum atomic E-state index is -0.345. The van der Waals surface area contributed by atoms with Crippen molar-refractivity contribution in [2.45, 2.75) is 25.3 Å². The smallest absolute Gasteiger partial charge is 0.253 e. The molecule has 2 atom stereocenters. The lowest BCUT2D eigenvalue weighted by Crippen LogP contribution is -2.47. The van der Waals surface area contributed by atoms with Crippen LogP contribution >= 0.6 is 15.9 Å². The molecular formula is C14H16BrN3O2. The van der Waals surface area contributed by atoms with E-state index in [1.165, 1.54) is 0 Å². The van der Waals surface area contributed by atoms with Crippen molar-refractivity contribution < 1.29 is 9.53 Å². The minimum Gasteiger partial charge on any atom is -0.376 e. The van der Waals surface area contributed by atoms with Crippen molar-refractivity contribution in [2.75, 3.05) is 24.7 Å². The Labute approximate surface area is 126 Å². The van der Waals surface area contributed by atoms with Crippen molar-refractivity contribution >= 4 is 33.9 Å². The van der Waals surface area contributed by atoms with E-state index in [4.69, 9.17) is 4.74 Å². The van der Waals surface area contributed by atoms with Gasteiger partial charge in [-0.2, -0.15) is 0 Å². The molecule has 0 aliphatic carbocycles. The van der Waals surface area contributed by atoms with Crippen LogP contribution in [0.3, 0.4) is 0 Å². The monoisotopic (exact) mass is 337 g/mol. The number of fused-ring (bicyclic) bond motifs is 3. The number of carbonyl (C=O) groups excluding carboxylic acids is 1. The summed E-state index contributed by atoms with van der Waals surface area (Å²) in [5.41, 5.74) is 1.08. The van der Waals surface area contributed by atoms with Crippen molar-refractivity contribution in [3.05, 3.63) is 22.3 Å². The number of halogens is 1. The highest BCUT2D eigenvalue weighted by atomic mass is 79.9. The van der Waals surface area contributed by atoms with Crippen LogP contribution in [0.1, 0.15) is 24.8 Å². The molecule has 1 amide bonds. The van der Waals surface area contributed by atoms with Crippen LogP contribution in [-0.4, -0.2) is 42.9 Å².